The van der Waals surface area contributed by atoms with Gasteiger partial charge in [-0.3, -0.25) is 4.90 Å². The standard InChI is InChI=1S/C33H34F2N4O5/c1-4-22-24(35)7-6-19-12-21(40)13-23(25(19)22)28-18(2)27-26(30(41)44-28)29(38-11-9-32(3,42)16-38)37-31(36-27)43-17-33-8-5-10-39(33)15-20(34)14-33/h4,6-7,12-13,20,40,42H,1,5,8-11,14-17H2,2-3H3/t20-,32?,33+/m1/s1. The second-order valence-electron chi connectivity index (χ2n) is 12.7. The van der Waals surface area contributed by atoms with Crippen molar-refractivity contribution in [3.05, 3.63) is 58.2 Å². The van der Waals surface area contributed by atoms with Gasteiger partial charge in [0.05, 0.1) is 16.7 Å². The highest BCUT2D eigenvalue weighted by molar-refractivity contribution is 6.04. The van der Waals surface area contributed by atoms with Gasteiger partial charge in [0, 0.05) is 48.1 Å². The normalized spacial score (nSPS) is 25.3. The van der Waals surface area contributed by atoms with E-state index in [0.717, 1.165) is 19.4 Å². The van der Waals surface area contributed by atoms with Gasteiger partial charge in [-0.1, -0.05) is 18.7 Å². The Labute approximate surface area is 252 Å². The van der Waals surface area contributed by atoms with E-state index in [1.807, 2.05) is 4.90 Å². The van der Waals surface area contributed by atoms with Crippen LogP contribution in [0.25, 0.3) is 39.1 Å². The fourth-order valence-electron chi connectivity index (χ4n) is 7.37. The van der Waals surface area contributed by atoms with Crippen LogP contribution in [0.4, 0.5) is 14.6 Å². The molecule has 11 heteroatoms. The van der Waals surface area contributed by atoms with Gasteiger partial charge in [0.15, 0.2) is 5.82 Å². The summed E-state index contributed by atoms with van der Waals surface area (Å²) in [5.74, 6) is -0.214. The molecule has 5 heterocycles. The number of alkyl halides is 1. The molecule has 9 nitrogen and oxygen atoms in total. The molecule has 3 saturated heterocycles. The number of ether oxygens (including phenoxy) is 1. The molecule has 2 N–H and O–H groups in total. The van der Waals surface area contributed by atoms with E-state index >= 15 is 0 Å². The number of phenolic OH excluding ortho intramolecular Hbond substituents is 1. The van der Waals surface area contributed by atoms with Crippen molar-refractivity contribution in [2.75, 3.05) is 37.7 Å². The Hall–Kier alpha value is -4.09. The van der Waals surface area contributed by atoms with Crippen LogP contribution in [0.1, 0.15) is 43.7 Å². The molecule has 0 saturated carbocycles. The van der Waals surface area contributed by atoms with Gasteiger partial charge in [-0.2, -0.15) is 9.97 Å². The lowest BCUT2D eigenvalue weighted by Crippen LogP contribution is -2.43. The molecule has 3 aliphatic heterocycles. The molecule has 0 amide bonds. The first-order valence-electron chi connectivity index (χ1n) is 14.9. The average molecular weight is 605 g/mol. The number of rotatable bonds is 6. The molecular weight excluding hydrogens is 570 g/mol. The first-order valence-corrected chi connectivity index (χ1v) is 14.9. The Balaban J connectivity index is 1.42. The predicted molar refractivity (Wildman–Crippen MR) is 163 cm³/mol. The minimum Gasteiger partial charge on any atom is -0.508 e. The number of β-amino-alcohol motifs (C(OH)–C–C–N with tert-alkyl or cyclic N) is 1. The molecule has 2 aromatic heterocycles. The molecule has 3 aliphatic rings. The molecule has 2 aromatic carbocycles. The predicted octanol–water partition coefficient (Wildman–Crippen LogP) is 5.12. The van der Waals surface area contributed by atoms with Gasteiger partial charge < -0.3 is 24.3 Å². The van der Waals surface area contributed by atoms with E-state index in [9.17, 15) is 23.8 Å². The number of anilines is 1. The molecule has 7 rings (SSSR count). The van der Waals surface area contributed by atoms with Crippen molar-refractivity contribution in [1.82, 2.24) is 14.9 Å². The van der Waals surface area contributed by atoms with Gasteiger partial charge in [-0.25, -0.2) is 13.6 Å². The molecule has 1 unspecified atom stereocenters. The first kappa shape index (κ1) is 28.7. The molecule has 4 aromatic rings. The van der Waals surface area contributed by atoms with Gasteiger partial charge in [-0.15, -0.1) is 0 Å². The number of fused-ring (bicyclic) bond motifs is 3. The summed E-state index contributed by atoms with van der Waals surface area (Å²) in [5.41, 5.74) is -0.910. The lowest BCUT2D eigenvalue weighted by atomic mass is 9.94. The van der Waals surface area contributed by atoms with Crippen LogP contribution >= 0.6 is 0 Å². The first-order chi connectivity index (χ1) is 21.0. The van der Waals surface area contributed by atoms with Crippen LogP contribution in [0, 0.1) is 12.7 Å². The van der Waals surface area contributed by atoms with E-state index in [1.54, 1.807) is 13.8 Å². The van der Waals surface area contributed by atoms with Crippen LogP contribution in [-0.4, -0.2) is 75.2 Å². The third-order valence-electron chi connectivity index (χ3n) is 9.48. The maximum atomic E-state index is 14.9. The number of hydrogen-bond donors (Lipinski definition) is 2. The van der Waals surface area contributed by atoms with Crippen molar-refractivity contribution in [3.63, 3.8) is 0 Å². The molecule has 230 valence electrons. The Kier molecular flexibility index (Phi) is 6.67. The Morgan fingerprint density at radius 3 is 2.80 bits per heavy atom. The van der Waals surface area contributed by atoms with Crippen molar-refractivity contribution >= 4 is 33.6 Å². The number of halogens is 2. The smallest absolute Gasteiger partial charge is 0.349 e. The van der Waals surface area contributed by atoms with Gasteiger partial charge in [0.2, 0.25) is 0 Å². The monoisotopic (exact) mass is 604 g/mol. The third kappa shape index (κ3) is 4.60. The number of aliphatic hydroxyl groups is 1. The molecule has 0 radical (unpaired) electrons. The SMILES string of the molecule is C=Cc1c(F)ccc2cc(O)cc(-c3oc(=O)c4c(N5CCC(C)(O)C5)nc(OC[C@@]56CCCN5C[C@H](F)C6)nc4c3C)c12. The number of benzene rings is 2. The van der Waals surface area contributed by atoms with Crippen molar-refractivity contribution in [2.45, 2.75) is 56.8 Å². The van der Waals surface area contributed by atoms with E-state index in [-0.39, 0.29) is 53.0 Å². The van der Waals surface area contributed by atoms with E-state index in [0.29, 0.717) is 47.8 Å². The average Bonchev–Trinajstić information content (AvgIpc) is 3.64. The second-order valence-corrected chi connectivity index (χ2v) is 12.7. The molecule has 0 spiro atoms. The number of hydrogen-bond acceptors (Lipinski definition) is 9. The van der Waals surface area contributed by atoms with Gasteiger partial charge in [0.1, 0.15) is 35.5 Å². The van der Waals surface area contributed by atoms with E-state index in [1.165, 1.54) is 30.3 Å². The summed E-state index contributed by atoms with van der Waals surface area (Å²) < 4.78 is 41.5. The van der Waals surface area contributed by atoms with Crippen molar-refractivity contribution in [2.24, 2.45) is 0 Å². The summed E-state index contributed by atoms with van der Waals surface area (Å²) in [6.45, 7) is 9.28. The zero-order valence-electron chi connectivity index (χ0n) is 24.7. The van der Waals surface area contributed by atoms with Crippen LogP contribution in [0.2, 0.25) is 0 Å². The Bertz CT molecular complexity index is 1890. The van der Waals surface area contributed by atoms with Gasteiger partial charge in [-0.05, 0) is 63.2 Å². The Morgan fingerprint density at radius 1 is 1.23 bits per heavy atom. The van der Waals surface area contributed by atoms with E-state index < -0.39 is 28.8 Å². The Morgan fingerprint density at radius 2 is 2.05 bits per heavy atom. The van der Waals surface area contributed by atoms with Crippen LogP contribution in [0.15, 0.2) is 40.1 Å². The lowest BCUT2D eigenvalue weighted by Gasteiger charge is -2.31. The fraction of sp³-hybridized carbons (Fsp3) is 0.424. The number of nitrogens with zero attached hydrogens (tertiary/aromatic N) is 4. The maximum Gasteiger partial charge on any atom is 0.349 e. The van der Waals surface area contributed by atoms with Crippen molar-refractivity contribution in [3.8, 4) is 23.1 Å². The van der Waals surface area contributed by atoms with E-state index in [2.05, 4.69) is 16.5 Å². The topological polar surface area (TPSA) is 112 Å². The van der Waals surface area contributed by atoms with E-state index in [4.69, 9.17) is 14.1 Å². The summed E-state index contributed by atoms with van der Waals surface area (Å²) in [5, 5.41) is 22.4. The minimum absolute atomic E-state index is 0.0285. The highest BCUT2D eigenvalue weighted by Crippen LogP contribution is 2.42. The molecule has 44 heavy (non-hydrogen) atoms. The molecular formula is C33H34F2N4O5. The largest absolute Gasteiger partial charge is 0.508 e. The summed E-state index contributed by atoms with van der Waals surface area (Å²) >= 11 is 0. The van der Waals surface area contributed by atoms with Crippen LogP contribution in [-0.2, 0) is 0 Å². The lowest BCUT2D eigenvalue weighted by molar-refractivity contribution is 0.0838. The van der Waals surface area contributed by atoms with Crippen LogP contribution in [0.5, 0.6) is 11.8 Å². The molecule has 3 fully saturated rings. The zero-order chi connectivity index (χ0) is 31.0. The van der Waals surface area contributed by atoms with Crippen molar-refractivity contribution in [1.29, 1.82) is 0 Å². The maximum absolute atomic E-state index is 14.9. The summed E-state index contributed by atoms with van der Waals surface area (Å²) in [6.07, 6.45) is 3.07. The summed E-state index contributed by atoms with van der Waals surface area (Å²) in [6, 6.07) is 5.78. The number of aromatic hydroxyl groups is 1. The molecule has 0 bridgehead atoms. The fourth-order valence-corrected chi connectivity index (χ4v) is 7.37. The quantitative estimate of drug-likeness (QED) is 0.310. The zero-order valence-corrected chi connectivity index (χ0v) is 24.7. The van der Waals surface area contributed by atoms with Gasteiger partial charge in [0.25, 0.3) is 0 Å². The number of phenols is 1. The number of aromatic nitrogens is 2. The minimum atomic E-state index is -0.984. The number of aryl methyl sites for hydroxylation is 1. The molecule has 3 atom stereocenters. The van der Waals surface area contributed by atoms with Crippen LogP contribution < -0.4 is 15.3 Å². The van der Waals surface area contributed by atoms with Crippen LogP contribution in [0.3, 0.4) is 0 Å². The second kappa shape index (κ2) is 10.2. The van der Waals surface area contributed by atoms with Gasteiger partial charge >= 0.3 is 11.6 Å². The summed E-state index contributed by atoms with van der Waals surface area (Å²) in [4.78, 5) is 27.1. The summed E-state index contributed by atoms with van der Waals surface area (Å²) in [7, 11) is 0. The highest BCUT2D eigenvalue weighted by Gasteiger charge is 2.49. The van der Waals surface area contributed by atoms with Crippen molar-refractivity contribution < 1.29 is 28.1 Å². The molecule has 0 aliphatic carbocycles. The highest BCUT2D eigenvalue weighted by atomic mass is 19.1. The third-order valence-corrected chi connectivity index (χ3v) is 9.48.